The topological polar surface area (TPSA) is 59.4 Å². The average Bonchev–Trinajstić information content (AvgIpc) is 2.72. The lowest BCUT2D eigenvalue weighted by Gasteiger charge is -2.29. The lowest BCUT2D eigenvalue weighted by atomic mass is 10.2. The van der Waals surface area contributed by atoms with Crippen molar-refractivity contribution in [2.75, 3.05) is 36.5 Å². The van der Waals surface area contributed by atoms with Crippen LogP contribution in [0.2, 0.25) is 0 Å². The largest absolute Gasteiger partial charge is 0.378 e. The van der Waals surface area contributed by atoms with E-state index in [9.17, 15) is 13.6 Å². The summed E-state index contributed by atoms with van der Waals surface area (Å²) in [6, 6.07) is 12.1. The van der Waals surface area contributed by atoms with Gasteiger partial charge in [0, 0.05) is 36.6 Å². The molecule has 0 unspecified atom stereocenters. The Morgan fingerprint density at radius 1 is 1.10 bits per heavy atom. The molecular formula is C22H22F2N4O2. The second-order valence-corrected chi connectivity index (χ2v) is 7.09. The third kappa shape index (κ3) is 4.33. The van der Waals surface area contributed by atoms with Crippen molar-refractivity contribution in [3.63, 3.8) is 0 Å². The number of aromatic nitrogens is 2. The minimum absolute atomic E-state index is 0.174. The Morgan fingerprint density at radius 2 is 1.90 bits per heavy atom. The van der Waals surface area contributed by atoms with Crippen molar-refractivity contribution >= 4 is 11.4 Å². The zero-order valence-corrected chi connectivity index (χ0v) is 16.6. The first-order valence-corrected chi connectivity index (χ1v) is 9.73. The van der Waals surface area contributed by atoms with E-state index in [-0.39, 0.29) is 17.9 Å². The number of hydrogen-bond acceptors (Lipinski definition) is 5. The molecule has 8 heteroatoms. The van der Waals surface area contributed by atoms with Gasteiger partial charge in [0.1, 0.15) is 17.5 Å². The third-order valence-corrected chi connectivity index (χ3v) is 4.93. The molecule has 0 radical (unpaired) electrons. The Morgan fingerprint density at radius 3 is 2.63 bits per heavy atom. The monoisotopic (exact) mass is 412 g/mol. The first-order valence-electron chi connectivity index (χ1n) is 9.73. The summed E-state index contributed by atoms with van der Waals surface area (Å²) >= 11 is 0. The van der Waals surface area contributed by atoms with Crippen LogP contribution in [0.5, 0.6) is 0 Å². The van der Waals surface area contributed by atoms with E-state index in [1.165, 1.54) is 28.8 Å². The van der Waals surface area contributed by atoms with Crippen molar-refractivity contribution in [2.45, 2.75) is 13.5 Å². The molecule has 3 aromatic rings. The van der Waals surface area contributed by atoms with Gasteiger partial charge < -0.3 is 15.0 Å². The van der Waals surface area contributed by atoms with Crippen LogP contribution < -0.4 is 15.8 Å². The smallest absolute Gasteiger partial charge is 0.258 e. The molecule has 0 saturated carbocycles. The van der Waals surface area contributed by atoms with Gasteiger partial charge in [-0.05, 0) is 37.3 Å². The third-order valence-electron chi connectivity index (χ3n) is 4.93. The Bertz CT molecular complexity index is 1110. The number of nitrogens with one attached hydrogen (secondary N) is 1. The number of hydrogen-bond donors (Lipinski definition) is 1. The maximum atomic E-state index is 14.9. The highest BCUT2D eigenvalue weighted by molar-refractivity contribution is 5.53. The van der Waals surface area contributed by atoms with Crippen LogP contribution in [0.15, 0.2) is 53.3 Å². The van der Waals surface area contributed by atoms with Gasteiger partial charge in [-0.25, -0.2) is 13.8 Å². The number of halogens is 2. The van der Waals surface area contributed by atoms with Crippen LogP contribution in [-0.2, 0) is 11.3 Å². The number of anilines is 2. The summed E-state index contributed by atoms with van der Waals surface area (Å²) in [4.78, 5) is 19.1. The molecule has 0 bridgehead atoms. The molecule has 1 N–H and O–H groups in total. The van der Waals surface area contributed by atoms with Gasteiger partial charge in [0.25, 0.3) is 5.56 Å². The maximum Gasteiger partial charge on any atom is 0.258 e. The lowest BCUT2D eigenvalue weighted by molar-refractivity contribution is 0.122. The van der Waals surface area contributed by atoms with Crippen LogP contribution in [0.4, 0.5) is 20.2 Å². The number of morpholine rings is 1. The minimum Gasteiger partial charge on any atom is -0.378 e. The molecule has 0 atom stereocenters. The van der Waals surface area contributed by atoms with E-state index < -0.39 is 5.82 Å². The molecule has 0 aliphatic carbocycles. The summed E-state index contributed by atoms with van der Waals surface area (Å²) in [6.07, 6.45) is 0. The summed E-state index contributed by atoms with van der Waals surface area (Å²) in [5.41, 5.74) is 1.67. The number of rotatable bonds is 5. The predicted octanol–water partition coefficient (Wildman–Crippen LogP) is 3.27. The van der Waals surface area contributed by atoms with Gasteiger partial charge in [0.2, 0.25) is 0 Å². The number of nitrogens with zero attached hydrogens (tertiary/aromatic N) is 3. The molecular weight excluding hydrogens is 390 g/mol. The number of benzene rings is 2. The fourth-order valence-electron chi connectivity index (χ4n) is 3.53. The van der Waals surface area contributed by atoms with Crippen molar-refractivity contribution in [1.29, 1.82) is 0 Å². The van der Waals surface area contributed by atoms with Crippen molar-refractivity contribution in [1.82, 2.24) is 9.55 Å². The molecule has 2 aromatic carbocycles. The normalized spacial score (nSPS) is 14.0. The van der Waals surface area contributed by atoms with E-state index in [1.807, 2.05) is 4.90 Å². The Labute approximate surface area is 172 Å². The zero-order chi connectivity index (χ0) is 21.1. The van der Waals surface area contributed by atoms with Gasteiger partial charge in [-0.15, -0.1) is 0 Å². The van der Waals surface area contributed by atoms with E-state index in [2.05, 4.69) is 10.3 Å². The molecule has 0 amide bonds. The molecule has 4 rings (SSSR count). The van der Waals surface area contributed by atoms with Crippen LogP contribution in [0, 0.1) is 18.6 Å². The van der Waals surface area contributed by atoms with Crippen LogP contribution in [-0.4, -0.2) is 35.9 Å². The van der Waals surface area contributed by atoms with Crippen LogP contribution in [0.1, 0.15) is 11.5 Å². The summed E-state index contributed by atoms with van der Waals surface area (Å²) < 4.78 is 35.0. The first kappa shape index (κ1) is 20.0. The second-order valence-electron chi connectivity index (χ2n) is 7.09. The first-order chi connectivity index (χ1) is 14.5. The molecule has 1 aromatic heterocycles. The van der Waals surface area contributed by atoms with E-state index in [1.54, 1.807) is 31.2 Å². The molecule has 2 heterocycles. The molecule has 0 spiro atoms. The van der Waals surface area contributed by atoms with Gasteiger partial charge in [0.05, 0.1) is 31.1 Å². The van der Waals surface area contributed by atoms with Crippen molar-refractivity contribution < 1.29 is 13.5 Å². The van der Waals surface area contributed by atoms with E-state index >= 15 is 0 Å². The van der Waals surface area contributed by atoms with E-state index in [4.69, 9.17) is 4.74 Å². The second kappa shape index (κ2) is 8.62. The summed E-state index contributed by atoms with van der Waals surface area (Å²) in [7, 11) is 0. The molecule has 1 saturated heterocycles. The predicted molar refractivity (Wildman–Crippen MR) is 111 cm³/mol. The lowest BCUT2D eigenvalue weighted by Crippen LogP contribution is -2.36. The quantitative estimate of drug-likeness (QED) is 0.697. The minimum atomic E-state index is -0.411. The molecule has 6 nitrogen and oxygen atoms in total. The highest BCUT2D eigenvalue weighted by Gasteiger charge is 2.17. The Kier molecular flexibility index (Phi) is 5.76. The maximum absolute atomic E-state index is 14.9. The molecule has 30 heavy (non-hydrogen) atoms. The standard InChI is InChI=1S/C22H22F2N4O2/c1-15-11-22(29)28(21(26-15)14-25-17-4-2-3-16(23)12-17)18-5-6-20(19(24)13-18)27-7-9-30-10-8-27/h2-6,11-13,25H,7-10,14H2,1H3. The van der Waals surface area contributed by atoms with Crippen molar-refractivity contribution in [3.8, 4) is 5.69 Å². The zero-order valence-electron chi connectivity index (χ0n) is 16.6. The van der Waals surface area contributed by atoms with Gasteiger partial charge in [-0.2, -0.15) is 0 Å². The van der Waals surface area contributed by atoms with E-state index in [0.717, 1.165) is 0 Å². The molecule has 1 aliphatic heterocycles. The Balaban J connectivity index is 1.66. The van der Waals surface area contributed by atoms with Crippen molar-refractivity contribution in [3.05, 3.63) is 82.0 Å². The average molecular weight is 412 g/mol. The fourth-order valence-corrected chi connectivity index (χ4v) is 3.53. The van der Waals surface area contributed by atoms with Gasteiger partial charge in [0.15, 0.2) is 0 Å². The number of aryl methyl sites for hydroxylation is 1. The van der Waals surface area contributed by atoms with Gasteiger partial charge in [-0.1, -0.05) is 6.07 Å². The molecule has 1 aliphatic rings. The summed E-state index contributed by atoms with van der Waals surface area (Å²) in [5, 5.41) is 3.07. The highest BCUT2D eigenvalue weighted by Crippen LogP contribution is 2.23. The molecule has 1 fully saturated rings. The van der Waals surface area contributed by atoms with Crippen molar-refractivity contribution in [2.24, 2.45) is 0 Å². The Hall–Kier alpha value is -3.26. The van der Waals surface area contributed by atoms with Crippen LogP contribution in [0.25, 0.3) is 5.69 Å². The van der Waals surface area contributed by atoms with Gasteiger partial charge >= 0.3 is 0 Å². The van der Waals surface area contributed by atoms with Gasteiger partial charge in [-0.3, -0.25) is 9.36 Å². The van der Waals surface area contributed by atoms with Crippen LogP contribution >= 0.6 is 0 Å². The van der Waals surface area contributed by atoms with Crippen LogP contribution in [0.3, 0.4) is 0 Å². The molecule has 156 valence electrons. The highest BCUT2D eigenvalue weighted by atomic mass is 19.1. The number of ether oxygens (including phenoxy) is 1. The van der Waals surface area contributed by atoms with E-state index in [0.29, 0.717) is 54.9 Å². The summed E-state index contributed by atoms with van der Waals surface area (Å²) in [5.74, 6) is -0.371. The SMILES string of the molecule is Cc1cc(=O)n(-c2ccc(N3CCOCC3)c(F)c2)c(CNc2cccc(F)c2)n1. The fraction of sp³-hybridized carbons (Fsp3) is 0.273. The summed E-state index contributed by atoms with van der Waals surface area (Å²) in [6.45, 7) is 4.24.